The molecule has 0 bridgehead atoms. The molecule has 3 rings (SSSR count). The van der Waals surface area contributed by atoms with Crippen molar-refractivity contribution >= 4 is 28.3 Å². The van der Waals surface area contributed by atoms with E-state index in [0.29, 0.717) is 5.95 Å². The standard InChI is InChI=1S/C15H18N4OS/c1-10(2)20-12-5-3-4-11-14(12)18-15(16)19(11)8-6-13-17-7-9-21-13/h3-5,7,9-10H,6,8H2,1-2H3,(H2,16,18). The third-order valence-electron chi connectivity index (χ3n) is 3.17. The molecule has 0 spiro atoms. The first kappa shape index (κ1) is 13.9. The maximum atomic E-state index is 6.07. The van der Waals surface area contributed by atoms with Gasteiger partial charge < -0.3 is 15.0 Å². The predicted molar refractivity (Wildman–Crippen MR) is 85.7 cm³/mol. The number of nitrogens with two attached hydrogens (primary N) is 1. The van der Waals surface area contributed by atoms with Gasteiger partial charge in [-0.25, -0.2) is 9.97 Å². The van der Waals surface area contributed by atoms with Crippen LogP contribution >= 0.6 is 11.3 Å². The molecule has 0 radical (unpaired) electrons. The Balaban J connectivity index is 1.93. The molecule has 2 heterocycles. The summed E-state index contributed by atoms with van der Waals surface area (Å²) in [6, 6.07) is 5.93. The van der Waals surface area contributed by atoms with Crippen LogP contribution < -0.4 is 10.5 Å². The van der Waals surface area contributed by atoms with Gasteiger partial charge in [-0.05, 0) is 26.0 Å². The second-order valence-electron chi connectivity index (χ2n) is 5.09. The molecule has 0 saturated heterocycles. The number of nitrogens with zero attached hydrogens (tertiary/aromatic N) is 3. The fourth-order valence-corrected chi connectivity index (χ4v) is 2.92. The lowest BCUT2D eigenvalue weighted by Crippen LogP contribution is -2.06. The Kier molecular flexibility index (Phi) is 3.79. The molecule has 110 valence electrons. The van der Waals surface area contributed by atoms with Crippen LogP contribution in [-0.4, -0.2) is 20.6 Å². The summed E-state index contributed by atoms with van der Waals surface area (Å²) in [5.74, 6) is 1.29. The molecule has 1 aromatic carbocycles. The van der Waals surface area contributed by atoms with Crippen molar-refractivity contribution in [1.29, 1.82) is 0 Å². The van der Waals surface area contributed by atoms with Gasteiger partial charge in [0.15, 0.2) is 0 Å². The first-order chi connectivity index (χ1) is 10.1. The van der Waals surface area contributed by atoms with E-state index < -0.39 is 0 Å². The number of aromatic nitrogens is 3. The van der Waals surface area contributed by atoms with Crippen LogP contribution in [0.25, 0.3) is 11.0 Å². The molecule has 21 heavy (non-hydrogen) atoms. The summed E-state index contributed by atoms with van der Waals surface area (Å²) < 4.78 is 7.82. The van der Waals surface area contributed by atoms with Crippen LogP contribution in [-0.2, 0) is 13.0 Å². The molecule has 0 atom stereocenters. The van der Waals surface area contributed by atoms with Gasteiger partial charge in [0, 0.05) is 24.5 Å². The zero-order chi connectivity index (χ0) is 14.8. The zero-order valence-corrected chi connectivity index (χ0v) is 12.9. The van der Waals surface area contributed by atoms with E-state index in [1.807, 2.05) is 48.2 Å². The largest absolute Gasteiger partial charge is 0.489 e. The highest BCUT2D eigenvalue weighted by atomic mass is 32.1. The number of rotatable bonds is 5. The molecule has 0 aliphatic rings. The van der Waals surface area contributed by atoms with E-state index in [9.17, 15) is 0 Å². The molecular formula is C15H18N4OS. The van der Waals surface area contributed by atoms with Gasteiger partial charge in [-0.1, -0.05) is 6.07 Å². The highest BCUT2D eigenvalue weighted by Crippen LogP contribution is 2.28. The SMILES string of the molecule is CC(C)Oc1cccc2c1nc(N)n2CCc1nccs1. The summed E-state index contributed by atoms with van der Waals surface area (Å²) >= 11 is 1.66. The molecule has 0 aliphatic carbocycles. The van der Waals surface area contributed by atoms with Gasteiger partial charge >= 0.3 is 0 Å². The lowest BCUT2D eigenvalue weighted by Gasteiger charge is -2.10. The average molecular weight is 302 g/mol. The molecule has 5 nitrogen and oxygen atoms in total. The Bertz CT molecular complexity index is 734. The van der Waals surface area contributed by atoms with Crippen molar-refractivity contribution in [3.05, 3.63) is 34.8 Å². The summed E-state index contributed by atoms with van der Waals surface area (Å²) in [7, 11) is 0. The van der Waals surface area contributed by atoms with Crippen molar-refractivity contribution in [2.45, 2.75) is 32.9 Å². The quantitative estimate of drug-likeness (QED) is 0.786. The molecule has 2 N–H and O–H groups in total. The number of nitrogen functional groups attached to an aromatic ring is 1. The summed E-state index contributed by atoms with van der Waals surface area (Å²) in [5, 5.41) is 3.09. The Morgan fingerprint density at radius 3 is 2.95 bits per heavy atom. The van der Waals surface area contributed by atoms with Crippen molar-refractivity contribution in [3.8, 4) is 5.75 Å². The Hall–Kier alpha value is -2.08. The summed E-state index contributed by atoms with van der Waals surface area (Å²) in [6.45, 7) is 4.77. The molecule has 0 aliphatic heterocycles. The molecular weight excluding hydrogens is 284 g/mol. The van der Waals surface area contributed by atoms with Crippen LogP contribution in [0.4, 0.5) is 5.95 Å². The molecule has 6 heteroatoms. The van der Waals surface area contributed by atoms with Crippen LogP contribution in [0, 0.1) is 0 Å². The maximum Gasteiger partial charge on any atom is 0.201 e. The highest BCUT2D eigenvalue weighted by molar-refractivity contribution is 7.09. The number of fused-ring (bicyclic) bond motifs is 1. The summed E-state index contributed by atoms with van der Waals surface area (Å²) in [4.78, 5) is 8.77. The van der Waals surface area contributed by atoms with Gasteiger partial charge in [-0.15, -0.1) is 11.3 Å². The molecule has 3 aromatic rings. The van der Waals surface area contributed by atoms with Gasteiger partial charge in [-0.3, -0.25) is 0 Å². The molecule has 0 unspecified atom stereocenters. The van der Waals surface area contributed by atoms with Crippen molar-refractivity contribution in [3.63, 3.8) is 0 Å². The smallest absolute Gasteiger partial charge is 0.201 e. The van der Waals surface area contributed by atoms with Crippen LogP contribution in [0.2, 0.25) is 0 Å². The van der Waals surface area contributed by atoms with E-state index >= 15 is 0 Å². The summed E-state index contributed by atoms with van der Waals surface area (Å²) in [6.07, 6.45) is 2.78. The van der Waals surface area contributed by atoms with Gasteiger partial charge in [-0.2, -0.15) is 0 Å². The Morgan fingerprint density at radius 2 is 2.24 bits per heavy atom. The first-order valence-electron chi connectivity index (χ1n) is 6.95. The minimum atomic E-state index is 0.109. The number of ether oxygens (including phenoxy) is 1. The minimum absolute atomic E-state index is 0.109. The number of hydrogen-bond acceptors (Lipinski definition) is 5. The van der Waals surface area contributed by atoms with E-state index in [0.717, 1.165) is 34.8 Å². The predicted octanol–water partition coefficient (Wildman–Crippen LogP) is 3.10. The molecule has 0 fully saturated rings. The van der Waals surface area contributed by atoms with E-state index in [1.54, 1.807) is 11.3 Å². The number of thiazole rings is 1. The van der Waals surface area contributed by atoms with E-state index in [-0.39, 0.29) is 6.10 Å². The van der Waals surface area contributed by atoms with Crippen LogP contribution in [0.15, 0.2) is 29.8 Å². The topological polar surface area (TPSA) is 66.0 Å². The first-order valence-corrected chi connectivity index (χ1v) is 7.83. The second kappa shape index (κ2) is 5.73. The van der Waals surface area contributed by atoms with Gasteiger partial charge in [0.25, 0.3) is 0 Å². The fourth-order valence-electron chi connectivity index (χ4n) is 2.31. The van der Waals surface area contributed by atoms with Crippen LogP contribution in [0.3, 0.4) is 0 Å². The van der Waals surface area contributed by atoms with Gasteiger partial charge in [0.2, 0.25) is 5.95 Å². The maximum absolute atomic E-state index is 6.07. The van der Waals surface area contributed by atoms with E-state index in [2.05, 4.69) is 9.97 Å². The monoisotopic (exact) mass is 302 g/mol. The van der Waals surface area contributed by atoms with Crippen molar-refractivity contribution < 1.29 is 4.74 Å². The number of anilines is 1. The highest BCUT2D eigenvalue weighted by Gasteiger charge is 2.13. The number of imidazole rings is 1. The number of aryl methyl sites for hydroxylation is 2. The minimum Gasteiger partial charge on any atom is -0.489 e. The van der Waals surface area contributed by atoms with Gasteiger partial charge in [0.05, 0.1) is 16.6 Å². The van der Waals surface area contributed by atoms with E-state index in [4.69, 9.17) is 10.5 Å². The molecule has 0 saturated carbocycles. The lowest BCUT2D eigenvalue weighted by molar-refractivity contribution is 0.245. The third-order valence-corrected chi connectivity index (χ3v) is 4.01. The number of para-hydroxylation sites is 1. The van der Waals surface area contributed by atoms with Crippen molar-refractivity contribution in [2.75, 3.05) is 5.73 Å². The Morgan fingerprint density at radius 1 is 1.38 bits per heavy atom. The van der Waals surface area contributed by atoms with Crippen LogP contribution in [0.1, 0.15) is 18.9 Å². The van der Waals surface area contributed by atoms with Crippen molar-refractivity contribution in [2.24, 2.45) is 0 Å². The van der Waals surface area contributed by atoms with Gasteiger partial charge in [0.1, 0.15) is 11.3 Å². The lowest BCUT2D eigenvalue weighted by atomic mass is 10.3. The average Bonchev–Trinajstić information content (AvgIpc) is 3.04. The number of hydrogen-bond donors (Lipinski definition) is 1. The number of benzene rings is 1. The fraction of sp³-hybridized carbons (Fsp3) is 0.333. The molecule has 0 amide bonds. The van der Waals surface area contributed by atoms with E-state index in [1.165, 1.54) is 0 Å². The third kappa shape index (κ3) is 2.85. The Labute approximate surface area is 127 Å². The second-order valence-corrected chi connectivity index (χ2v) is 6.07. The van der Waals surface area contributed by atoms with Crippen molar-refractivity contribution in [1.82, 2.24) is 14.5 Å². The summed E-state index contributed by atoms with van der Waals surface area (Å²) in [5.41, 5.74) is 7.90. The normalized spacial score (nSPS) is 11.4. The zero-order valence-electron chi connectivity index (χ0n) is 12.1. The van der Waals surface area contributed by atoms with Crippen LogP contribution in [0.5, 0.6) is 5.75 Å². The molecule has 2 aromatic heterocycles.